The Kier molecular flexibility index (Phi) is 6.27. The molecule has 1 atom stereocenters. The third kappa shape index (κ3) is 5.05. The molecule has 1 amide bonds. The summed E-state index contributed by atoms with van der Waals surface area (Å²) in [6.45, 7) is 1.98. The molecule has 2 heterocycles. The molecule has 29 heavy (non-hydrogen) atoms. The van der Waals surface area contributed by atoms with Crippen LogP contribution in [0.25, 0.3) is 0 Å². The molecule has 0 unspecified atom stereocenters. The van der Waals surface area contributed by atoms with Crippen LogP contribution in [-0.4, -0.2) is 34.8 Å². The van der Waals surface area contributed by atoms with Gasteiger partial charge in [0.1, 0.15) is 0 Å². The van der Waals surface area contributed by atoms with Crippen molar-refractivity contribution in [3.63, 3.8) is 0 Å². The van der Waals surface area contributed by atoms with Crippen LogP contribution in [0.15, 0.2) is 47.4 Å². The van der Waals surface area contributed by atoms with Crippen LogP contribution in [0.1, 0.15) is 50.5 Å². The normalized spacial score (nSPS) is 20.4. The maximum absolute atomic E-state index is 12.7. The minimum absolute atomic E-state index is 0.0163. The number of hydrogen-bond acceptors (Lipinski definition) is 4. The summed E-state index contributed by atoms with van der Waals surface area (Å²) in [6.07, 6.45) is 9.54. The highest BCUT2D eigenvalue weighted by Gasteiger charge is 2.28. The Morgan fingerprint density at radius 2 is 1.86 bits per heavy atom. The number of nitrogens with one attached hydrogen (secondary N) is 1. The van der Waals surface area contributed by atoms with Gasteiger partial charge in [-0.15, -0.1) is 0 Å². The van der Waals surface area contributed by atoms with Gasteiger partial charge in [0.25, 0.3) is 5.56 Å². The maximum Gasteiger partial charge on any atom is 0.269 e. The van der Waals surface area contributed by atoms with Crippen LogP contribution >= 0.6 is 0 Å². The number of nitrogens with zero attached hydrogens (tertiary/aromatic N) is 3. The van der Waals surface area contributed by atoms with Gasteiger partial charge in [0.05, 0.1) is 24.3 Å². The lowest BCUT2D eigenvalue weighted by molar-refractivity contribution is -0.126. The van der Waals surface area contributed by atoms with E-state index in [9.17, 15) is 9.59 Å². The molecule has 0 radical (unpaired) electrons. The molecule has 0 bridgehead atoms. The third-order valence-electron chi connectivity index (χ3n) is 6.14. The summed E-state index contributed by atoms with van der Waals surface area (Å²) in [5, 5.41) is 7.64. The van der Waals surface area contributed by atoms with Gasteiger partial charge in [-0.1, -0.05) is 49.6 Å². The SMILES string of the molecule is O=C(NC1CCCCC1)[C@H]1CCCN(c2cnn(Cc3ccccc3)c(=O)c2)C1. The summed E-state index contributed by atoms with van der Waals surface area (Å²) in [4.78, 5) is 27.4. The monoisotopic (exact) mass is 394 g/mol. The smallest absolute Gasteiger partial charge is 0.269 e. The van der Waals surface area contributed by atoms with E-state index in [-0.39, 0.29) is 17.4 Å². The molecule has 1 aliphatic heterocycles. The Labute approximate surface area is 171 Å². The quantitative estimate of drug-likeness (QED) is 0.847. The number of hydrogen-bond donors (Lipinski definition) is 1. The van der Waals surface area contributed by atoms with Crippen molar-refractivity contribution in [1.82, 2.24) is 15.1 Å². The Morgan fingerprint density at radius 1 is 1.07 bits per heavy atom. The molecule has 154 valence electrons. The molecule has 6 nitrogen and oxygen atoms in total. The molecule has 1 aromatic carbocycles. The number of anilines is 1. The molecule has 4 rings (SSSR count). The molecule has 1 saturated carbocycles. The number of carbonyl (C=O) groups excluding carboxylic acids is 1. The highest BCUT2D eigenvalue weighted by molar-refractivity contribution is 5.80. The highest BCUT2D eigenvalue weighted by atomic mass is 16.2. The van der Waals surface area contributed by atoms with Crippen LogP contribution in [0.3, 0.4) is 0 Å². The van der Waals surface area contributed by atoms with Gasteiger partial charge in [-0.2, -0.15) is 5.10 Å². The summed E-state index contributed by atoms with van der Waals surface area (Å²) in [6, 6.07) is 11.8. The number of benzene rings is 1. The first kappa shape index (κ1) is 19.7. The van der Waals surface area contributed by atoms with Crippen LogP contribution < -0.4 is 15.8 Å². The van der Waals surface area contributed by atoms with E-state index in [0.29, 0.717) is 19.1 Å². The summed E-state index contributed by atoms with van der Waals surface area (Å²) < 4.78 is 1.48. The van der Waals surface area contributed by atoms with Gasteiger partial charge in [-0.05, 0) is 31.2 Å². The van der Waals surface area contributed by atoms with Gasteiger partial charge in [0.2, 0.25) is 5.91 Å². The molecule has 1 saturated heterocycles. The average molecular weight is 395 g/mol. The van der Waals surface area contributed by atoms with E-state index in [1.807, 2.05) is 30.3 Å². The van der Waals surface area contributed by atoms with Crippen LogP contribution in [0, 0.1) is 5.92 Å². The van der Waals surface area contributed by atoms with E-state index < -0.39 is 0 Å². The van der Waals surface area contributed by atoms with Crippen LogP contribution in [-0.2, 0) is 11.3 Å². The van der Waals surface area contributed by atoms with Crippen molar-refractivity contribution < 1.29 is 4.79 Å². The molecule has 0 spiro atoms. The standard InChI is InChI=1S/C23H30N4O2/c28-22-14-21(15-24-27(22)16-18-8-3-1-4-9-18)26-13-7-10-19(17-26)23(29)25-20-11-5-2-6-12-20/h1,3-4,8-9,14-15,19-20H,2,5-7,10-13,16-17H2,(H,25,29)/t19-/m0/s1. The minimum Gasteiger partial charge on any atom is -0.369 e. The van der Waals surface area contributed by atoms with Crippen molar-refractivity contribution in [1.29, 1.82) is 0 Å². The van der Waals surface area contributed by atoms with Crippen molar-refractivity contribution in [2.75, 3.05) is 18.0 Å². The summed E-state index contributed by atoms with van der Waals surface area (Å²) in [5.74, 6) is 0.157. The third-order valence-corrected chi connectivity index (χ3v) is 6.14. The lowest BCUT2D eigenvalue weighted by Crippen LogP contribution is -2.46. The second-order valence-corrected chi connectivity index (χ2v) is 8.32. The topological polar surface area (TPSA) is 67.2 Å². The van der Waals surface area contributed by atoms with Crippen molar-refractivity contribution in [3.8, 4) is 0 Å². The van der Waals surface area contributed by atoms with Crippen molar-refractivity contribution >= 4 is 11.6 Å². The predicted molar refractivity (Wildman–Crippen MR) is 114 cm³/mol. The van der Waals surface area contributed by atoms with Crippen molar-refractivity contribution in [2.24, 2.45) is 5.92 Å². The molecular formula is C23H30N4O2. The molecule has 2 fully saturated rings. The highest BCUT2D eigenvalue weighted by Crippen LogP contribution is 2.23. The van der Waals surface area contributed by atoms with E-state index in [4.69, 9.17) is 0 Å². The Balaban J connectivity index is 1.39. The van der Waals surface area contributed by atoms with Gasteiger partial charge < -0.3 is 10.2 Å². The molecule has 2 aromatic rings. The first-order valence-electron chi connectivity index (χ1n) is 10.9. The lowest BCUT2D eigenvalue weighted by Gasteiger charge is -2.34. The van der Waals surface area contributed by atoms with Crippen LogP contribution in [0.5, 0.6) is 0 Å². The minimum atomic E-state index is -0.111. The number of aromatic nitrogens is 2. The Morgan fingerprint density at radius 3 is 2.62 bits per heavy atom. The molecular weight excluding hydrogens is 364 g/mol. The number of piperidine rings is 1. The van der Waals surface area contributed by atoms with Gasteiger partial charge in [-0.25, -0.2) is 4.68 Å². The van der Waals surface area contributed by atoms with Crippen LogP contribution in [0.4, 0.5) is 5.69 Å². The van der Waals surface area contributed by atoms with E-state index in [0.717, 1.165) is 43.5 Å². The molecule has 1 aromatic heterocycles. The number of rotatable bonds is 5. The van der Waals surface area contributed by atoms with E-state index in [1.54, 1.807) is 12.3 Å². The van der Waals surface area contributed by atoms with E-state index in [1.165, 1.54) is 23.9 Å². The second-order valence-electron chi connectivity index (χ2n) is 8.32. The number of amides is 1. The second kappa shape index (κ2) is 9.25. The lowest BCUT2D eigenvalue weighted by atomic mass is 9.93. The van der Waals surface area contributed by atoms with Gasteiger partial charge in [0.15, 0.2) is 0 Å². The first-order chi connectivity index (χ1) is 14.2. The summed E-state index contributed by atoms with van der Waals surface area (Å²) >= 11 is 0. The van der Waals surface area contributed by atoms with Gasteiger partial charge in [-0.3, -0.25) is 9.59 Å². The summed E-state index contributed by atoms with van der Waals surface area (Å²) in [5.41, 5.74) is 1.75. The van der Waals surface area contributed by atoms with E-state index in [2.05, 4.69) is 15.3 Å². The zero-order chi connectivity index (χ0) is 20.1. The van der Waals surface area contributed by atoms with Crippen molar-refractivity contribution in [2.45, 2.75) is 57.5 Å². The van der Waals surface area contributed by atoms with Crippen LogP contribution in [0.2, 0.25) is 0 Å². The number of carbonyl (C=O) groups is 1. The van der Waals surface area contributed by atoms with Crippen molar-refractivity contribution in [3.05, 3.63) is 58.5 Å². The predicted octanol–water partition coefficient (Wildman–Crippen LogP) is 2.96. The first-order valence-corrected chi connectivity index (χ1v) is 10.9. The molecule has 2 aliphatic rings. The molecule has 1 N–H and O–H groups in total. The summed E-state index contributed by atoms with van der Waals surface area (Å²) in [7, 11) is 0. The fourth-order valence-electron chi connectivity index (χ4n) is 4.46. The van der Waals surface area contributed by atoms with Gasteiger partial charge in [0, 0.05) is 25.2 Å². The fraction of sp³-hybridized carbons (Fsp3) is 0.522. The Bertz CT molecular complexity index is 874. The maximum atomic E-state index is 12.7. The Hall–Kier alpha value is -2.63. The molecule has 1 aliphatic carbocycles. The molecule has 6 heteroatoms. The van der Waals surface area contributed by atoms with E-state index >= 15 is 0 Å². The largest absolute Gasteiger partial charge is 0.369 e. The fourth-order valence-corrected chi connectivity index (χ4v) is 4.46. The zero-order valence-corrected chi connectivity index (χ0v) is 16.9. The van der Waals surface area contributed by atoms with Gasteiger partial charge >= 0.3 is 0 Å². The zero-order valence-electron chi connectivity index (χ0n) is 16.9. The average Bonchev–Trinajstić information content (AvgIpc) is 2.77.